The van der Waals surface area contributed by atoms with Crippen LogP contribution < -0.4 is 16.0 Å². The number of nitrogens with zero attached hydrogens (tertiary/aromatic N) is 2. The van der Waals surface area contributed by atoms with E-state index in [4.69, 9.17) is 14.4 Å². The van der Waals surface area contributed by atoms with E-state index in [-0.39, 0.29) is 24.9 Å². The molecule has 13 nitrogen and oxygen atoms in total. The third-order valence-corrected chi connectivity index (χ3v) is 6.99. The maximum absolute atomic E-state index is 13.4. The Balaban J connectivity index is 1.61. The van der Waals surface area contributed by atoms with Crippen LogP contribution >= 0.6 is 0 Å². The fourth-order valence-corrected chi connectivity index (χ4v) is 4.79. The number of likely N-dealkylation sites (N-methyl/N-ethyl adjacent to an activating group) is 1. The monoisotopic (exact) mass is 603 g/mol. The number of ether oxygens (including phenoxy) is 1. The number of nitrogens with one attached hydrogen (secondary N) is 3. The summed E-state index contributed by atoms with van der Waals surface area (Å²) in [6, 6.07) is 7.57. The van der Waals surface area contributed by atoms with Gasteiger partial charge in [-0.05, 0) is 57.9 Å². The van der Waals surface area contributed by atoms with Crippen molar-refractivity contribution in [2.24, 2.45) is 5.92 Å². The number of amides is 5. The lowest BCUT2D eigenvalue weighted by Gasteiger charge is -2.38. The van der Waals surface area contributed by atoms with Crippen LogP contribution in [0.1, 0.15) is 65.9 Å². The highest BCUT2D eigenvalue weighted by Crippen LogP contribution is 2.22. The van der Waals surface area contributed by atoms with Crippen LogP contribution in [0.15, 0.2) is 30.3 Å². The second-order valence-corrected chi connectivity index (χ2v) is 12.1. The molecule has 1 aromatic rings. The lowest BCUT2D eigenvalue weighted by atomic mass is 10.0. The maximum Gasteiger partial charge on any atom is 0.408 e. The molecular weight excluding hydrogens is 558 g/mol. The van der Waals surface area contributed by atoms with Crippen molar-refractivity contribution >= 4 is 29.7 Å². The number of carbonyl (C=O) groups excluding carboxylic acids is 5. The van der Waals surface area contributed by atoms with E-state index in [1.807, 2.05) is 30.3 Å². The normalized spacial score (nSPS) is 20.5. The van der Waals surface area contributed by atoms with E-state index >= 15 is 0 Å². The van der Waals surface area contributed by atoms with Gasteiger partial charge in [-0.15, -0.1) is 0 Å². The van der Waals surface area contributed by atoms with E-state index in [1.165, 1.54) is 7.05 Å². The molecule has 0 unspecified atom stereocenters. The van der Waals surface area contributed by atoms with Gasteiger partial charge in [-0.2, -0.15) is 0 Å². The lowest BCUT2D eigenvalue weighted by Crippen LogP contribution is -2.57. The minimum absolute atomic E-state index is 0.244. The van der Waals surface area contributed by atoms with Crippen molar-refractivity contribution in [3.63, 3.8) is 0 Å². The maximum atomic E-state index is 13.4. The average molecular weight is 604 g/mol. The van der Waals surface area contributed by atoms with E-state index in [2.05, 4.69) is 16.0 Å². The lowest BCUT2D eigenvalue weighted by molar-refractivity contribution is -0.254. The number of rotatable bonds is 9. The van der Waals surface area contributed by atoms with Crippen LogP contribution in [-0.2, 0) is 40.0 Å². The largest absolute Gasteiger partial charge is 0.444 e. The zero-order chi connectivity index (χ0) is 31.7. The molecule has 43 heavy (non-hydrogen) atoms. The van der Waals surface area contributed by atoms with Crippen molar-refractivity contribution < 1.29 is 38.4 Å². The Morgan fingerprint density at radius 1 is 0.930 bits per heavy atom. The van der Waals surface area contributed by atoms with E-state index in [0.717, 1.165) is 15.7 Å². The first-order chi connectivity index (χ1) is 20.3. The van der Waals surface area contributed by atoms with Gasteiger partial charge in [0.1, 0.15) is 17.7 Å². The summed E-state index contributed by atoms with van der Waals surface area (Å²) in [7, 11) is 1.50. The summed E-state index contributed by atoms with van der Waals surface area (Å²) in [4.78, 5) is 76.3. The van der Waals surface area contributed by atoms with Crippen LogP contribution in [0.2, 0.25) is 0 Å². The quantitative estimate of drug-likeness (QED) is 0.386. The minimum Gasteiger partial charge on any atom is -0.444 e. The van der Waals surface area contributed by atoms with Crippen molar-refractivity contribution in [1.82, 2.24) is 26.1 Å². The number of alkyl carbamates (subject to hydrolysis) is 1. The van der Waals surface area contributed by atoms with Gasteiger partial charge in [-0.1, -0.05) is 44.2 Å². The molecular formula is C30H45N5O8. The number of hydroxylamine groups is 4. The molecule has 0 spiro atoms. The van der Waals surface area contributed by atoms with Gasteiger partial charge in [0, 0.05) is 26.6 Å². The Bertz CT molecular complexity index is 1140. The van der Waals surface area contributed by atoms with Crippen LogP contribution in [0.5, 0.6) is 0 Å². The predicted octanol–water partition coefficient (Wildman–Crippen LogP) is 1.85. The Morgan fingerprint density at radius 2 is 1.53 bits per heavy atom. The summed E-state index contributed by atoms with van der Waals surface area (Å²) in [5.74, 6) is -2.12. The van der Waals surface area contributed by atoms with Crippen molar-refractivity contribution in [2.45, 2.75) is 96.6 Å². The Kier molecular flexibility index (Phi) is 11.9. The topological polar surface area (TPSA) is 156 Å². The molecule has 2 heterocycles. The third-order valence-electron chi connectivity index (χ3n) is 6.99. The molecule has 3 rings (SSSR count). The summed E-state index contributed by atoms with van der Waals surface area (Å²) in [5.41, 5.74) is 0.148. The van der Waals surface area contributed by atoms with Gasteiger partial charge in [-0.3, -0.25) is 28.9 Å². The van der Waals surface area contributed by atoms with E-state index in [1.54, 1.807) is 34.6 Å². The summed E-state index contributed by atoms with van der Waals surface area (Å²) in [6.45, 7) is 9.24. The van der Waals surface area contributed by atoms with Gasteiger partial charge in [0.05, 0.1) is 0 Å². The average Bonchev–Trinajstić information content (AvgIpc) is 2.98. The SMILES string of the molecule is CNC(=O)[C@H](Cc1ccccc1)NC(=O)[C@@H]1CCCN(C(=O)[C@@H]2CCCN(C(=O)[C@@H](NC(=O)OC(C)(C)C)C(C)C)O2)O1. The van der Waals surface area contributed by atoms with Gasteiger partial charge < -0.3 is 20.7 Å². The van der Waals surface area contributed by atoms with Gasteiger partial charge in [0.25, 0.3) is 17.7 Å². The van der Waals surface area contributed by atoms with Crippen molar-refractivity contribution in [3.05, 3.63) is 35.9 Å². The van der Waals surface area contributed by atoms with Crippen LogP contribution in [-0.4, -0.2) is 89.9 Å². The highest BCUT2D eigenvalue weighted by Gasteiger charge is 2.40. The summed E-state index contributed by atoms with van der Waals surface area (Å²) in [6.07, 6.45) is -0.720. The molecule has 0 aromatic heterocycles. The Morgan fingerprint density at radius 3 is 2.14 bits per heavy atom. The molecule has 0 aliphatic carbocycles. The van der Waals surface area contributed by atoms with Crippen molar-refractivity contribution in [1.29, 1.82) is 0 Å². The zero-order valence-electron chi connectivity index (χ0n) is 25.9. The molecule has 13 heteroatoms. The molecule has 0 radical (unpaired) electrons. The second-order valence-electron chi connectivity index (χ2n) is 12.1. The molecule has 2 aliphatic rings. The first kappa shape index (κ1) is 33.8. The first-order valence-electron chi connectivity index (χ1n) is 14.8. The Labute approximate surface area is 252 Å². The van der Waals surface area contributed by atoms with Gasteiger partial charge in [0.2, 0.25) is 5.91 Å². The van der Waals surface area contributed by atoms with E-state index < -0.39 is 53.7 Å². The summed E-state index contributed by atoms with van der Waals surface area (Å²) in [5, 5.41) is 10.2. The van der Waals surface area contributed by atoms with Crippen LogP contribution in [0.25, 0.3) is 0 Å². The second kappa shape index (κ2) is 15.1. The Hall–Kier alpha value is -3.71. The fraction of sp³-hybridized carbons (Fsp3) is 0.633. The molecule has 1 aromatic carbocycles. The molecule has 2 fully saturated rings. The van der Waals surface area contributed by atoms with E-state index in [0.29, 0.717) is 32.1 Å². The predicted molar refractivity (Wildman–Crippen MR) is 156 cm³/mol. The molecule has 2 aliphatic heterocycles. The number of carbonyl (C=O) groups is 5. The fourth-order valence-electron chi connectivity index (χ4n) is 4.79. The molecule has 0 bridgehead atoms. The minimum atomic E-state index is -1.01. The smallest absolute Gasteiger partial charge is 0.408 e. The number of hydrogen-bond acceptors (Lipinski definition) is 8. The summed E-state index contributed by atoms with van der Waals surface area (Å²) < 4.78 is 5.30. The highest BCUT2D eigenvalue weighted by atomic mass is 16.7. The van der Waals surface area contributed by atoms with Crippen LogP contribution in [0.4, 0.5) is 4.79 Å². The molecule has 0 saturated carbocycles. The van der Waals surface area contributed by atoms with Crippen LogP contribution in [0.3, 0.4) is 0 Å². The summed E-state index contributed by atoms with van der Waals surface area (Å²) >= 11 is 0. The number of benzene rings is 1. The standard InChI is InChI=1S/C30H45N5O8/c1-19(2)24(33-29(40)41-30(3,4)5)28(39)35-17-11-15-23(43-35)27(38)34-16-10-14-22(42-34)26(37)32-21(25(36)31-6)18-20-12-8-7-9-13-20/h7-9,12-13,19,21-24H,10-11,14-18H2,1-6H3,(H,31,36)(H,32,37)(H,33,40)/t21-,22-,23-,24-/m0/s1. The highest BCUT2D eigenvalue weighted by molar-refractivity contribution is 5.90. The van der Waals surface area contributed by atoms with Gasteiger partial charge in [-0.25, -0.2) is 14.9 Å². The van der Waals surface area contributed by atoms with Crippen molar-refractivity contribution in [3.8, 4) is 0 Å². The first-order valence-corrected chi connectivity index (χ1v) is 14.8. The molecule has 5 amide bonds. The van der Waals surface area contributed by atoms with Crippen molar-refractivity contribution in [2.75, 3.05) is 20.1 Å². The van der Waals surface area contributed by atoms with Gasteiger partial charge in [0.15, 0.2) is 12.2 Å². The molecule has 3 N–H and O–H groups in total. The third kappa shape index (κ3) is 9.92. The molecule has 2 saturated heterocycles. The van der Waals surface area contributed by atoms with Crippen LogP contribution in [0, 0.1) is 5.92 Å². The molecule has 238 valence electrons. The number of hydrogen-bond donors (Lipinski definition) is 3. The zero-order valence-corrected chi connectivity index (χ0v) is 25.9. The molecule has 4 atom stereocenters. The van der Waals surface area contributed by atoms with Gasteiger partial charge >= 0.3 is 6.09 Å². The van der Waals surface area contributed by atoms with E-state index in [9.17, 15) is 24.0 Å².